The smallest absolute Gasteiger partial charge is 0.407 e. The van der Waals surface area contributed by atoms with Gasteiger partial charge < -0.3 is 15.2 Å². The van der Waals surface area contributed by atoms with E-state index in [0.29, 0.717) is 6.42 Å². The van der Waals surface area contributed by atoms with Crippen LogP contribution in [0, 0.1) is 0 Å². The largest absolute Gasteiger partial charge is 0.425 e. The lowest BCUT2D eigenvalue weighted by atomic mass is 10.3. The van der Waals surface area contributed by atoms with Crippen molar-refractivity contribution in [1.82, 2.24) is 0 Å². The molecule has 1 unspecified atom stereocenters. The van der Waals surface area contributed by atoms with Gasteiger partial charge in [-0.15, -0.1) is 0 Å². The Balaban J connectivity index is 3.85. The first-order valence-corrected chi connectivity index (χ1v) is 3.69. The number of ether oxygens (including phenoxy) is 2. The first-order valence-electron chi connectivity index (χ1n) is 3.69. The van der Waals surface area contributed by atoms with Gasteiger partial charge in [-0.25, -0.2) is 4.79 Å². The lowest BCUT2D eigenvalue weighted by molar-refractivity contribution is -0.165. The average Bonchev–Trinajstić information content (AvgIpc) is 1.84. The summed E-state index contributed by atoms with van der Waals surface area (Å²) in [5.41, 5.74) is 4.75. The summed E-state index contributed by atoms with van der Waals surface area (Å²) in [6.45, 7) is 3.12. The third kappa shape index (κ3) is 5.52. The zero-order chi connectivity index (χ0) is 9.56. The van der Waals surface area contributed by atoms with Crippen LogP contribution in [-0.2, 0) is 14.3 Å². The van der Waals surface area contributed by atoms with Gasteiger partial charge in [0.05, 0.1) is 0 Å². The van der Waals surface area contributed by atoms with E-state index in [0.717, 1.165) is 6.42 Å². The number of hydrogen-bond acceptors (Lipinski definition) is 4. The van der Waals surface area contributed by atoms with Crippen LogP contribution in [0.1, 0.15) is 26.7 Å². The third-order valence-electron chi connectivity index (χ3n) is 1.07. The molecule has 0 aromatic heterocycles. The molecule has 0 saturated heterocycles. The molecule has 0 aliphatic heterocycles. The van der Waals surface area contributed by atoms with Gasteiger partial charge in [0, 0.05) is 13.3 Å². The minimum Gasteiger partial charge on any atom is -0.425 e. The van der Waals surface area contributed by atoms with Gasteiger partial charge in [-0.1, -0.05) is 6.92 Å². The van der Waals surface area contributed by atoms with E-state index in [1.165, 1.54) is 6.92 Å². The Morgan fingerprint density at radius 1 is 1.42 bits per heavy atom. The van der Waals surface area contributed by atoms with Gasteiger partial charge in [-0.3, -0.25) is 4.79 Å². The quantitative estimate of drug-likeness (QED) is 0.505. The molecular weight excluding hydrogens is 162 g/mol. The molecule has 2 N–H and O–H groups in total. The fourth-order valence-corrected chi connectivity index (χ4v) is 0.692. The molecule has 0 saturated carbocycles. The van der Waals surface area contributed by atoms with Crippen LogP contribution in [0.4, 0.5) is 4.79 Å². The number of rotatable bonds is 4. The van der Waals surface area contributed by atoms with Crippen LogP contribution < -0.4 is 5.73 Å². The molecule has 0 aromatic carbocycles. The van der Waals surface area contributed by atoms with Crippen LogP contribution in [-0.4, -0.2) is 18.4 Å². The zero-order valence-corrected chi connectivity index (χ0v) is 7.20. The SMILES string of the molecule is CCCC(OC(C)=O)OC(N)=O. The maximum atomic E-state index is 10.5. The first-order chi connectivity index (χ1) is 5.56. The van der Waals surface area contributed by atoms with E-state index >= 15 is 0 Å². The molecule has 0 fully saturated rings. The molecule has 12 heavy (non-hydrogen) atoms. The number of amides is 1. The van der Waals surface area contributed by atoms with Gasteiger partial charge in [0.1, 0.15) is 0 Å². The predicted molar refractivity (Wildman–Crippen MR) is 41.1 cm³/mol. The fourth-order valence-electron chi connectivity index (χ4n) is 0.692. The van der Waals surface area contributed by atoms with Crippen molar-refractivity contribution < 1.29 is 19.1 Å². The van der Waals surface area contributed by atoms with Crippen LogP contribution in [0.2, 0.25) is 0 Å². The van der Waals surface area contributed by atoms with Gasteiger partial charge in [0.2, 0.25) is 6.29 Å². The molecule has 1 amide bonds. The van der Waals surface area contributed by atoms with Gasteiger partial charge in [-0.05, 0) is 6.42 Å². The molecule has 0 radical (unpaired) electrons. The highest BCUT2D eigenvalue weighted by Crippen LogP contribution is 2.03. The minimum absolute atomic E-state index is 0.461. The molecule has 70 valence electrons. The van der Waals surface area contributed by atoms with Crippen molar-refractivity contribution in [3.63, 3.8) is 0 Å². The van der Waals surface area contributed by atoms with Crippen LogP contribution in [0.25, 0.3) is 0 Å². The van der Waals surface area contributed by atoms with Gasteiger partial charge in [0.15, 0.2) is 0 Å². The van der Waals surface area contributed by atoms with E-state index in [1.807, 2.05) is 6.92 Å². The maximum absolute atomic E-state index is 10.5. The summed E-state index contributed by atoms with van der Waals surface area (Å²) in [6, 6.07) is 0. The molecule has 5 nitrogen and oxygen atoms in total. The van der Waals surface area contributed by atoms with E-state index in [9.17, 15) is 9.59 Å². The van der Waals surface area contributed by atoms with Crippen LogP contribution >= 0.6 is 0 Å². The average molecular weight is 175 g/mol. The molecule has 0 spiro atoms. The summed E-state index contributed by atoms with van der Waals surface area (Å²) in [6.07, 6.45) is -0.576. The van der Waals surface area contributed by atoms with Gasteiger partial charge >= 0.3 is 12.1 Å². The third-order valence-corrected chi connectivity index (χ3v) is 1.07. The van der Waals surface area contributed by atoms with E-state index in [2.05, 4.69) is 9.47 Å². The Morgan fingerprint density at radius 3 is 2.33 bits per heavy atom. The van der Waals surface area contributed by atoms with Crippen molar-refractivity contribution >= 4 is 12.1 Å². The molecule has 0 aliphatic carbocycles. The standard InChI is InChI=1S/C7H13NO4/c1-3-4-6(11-5(2)9)12-7(8)10/h6H,3-4H2,1-2H3,(H2,8,10). The molecule has 0 aliphatic rings. The molecule has 0 rings (SSSR count). The van der Waals surface area contributed by atoms with Gasteiger partial charge in [-0.2, -0.15) is 0 Å². The number of esters is 1. The van der Waals surface area contributed by atoms with Crippen LogP contribution in [0.15, 0.2) is 0 Å². The summed E-state index contributed by atoms with van der Waals surface area (Å²) >= 11 is 0. The summed E-state index contributed by atoms with van der Waals surface area (Å²) in [5.74, 6) is -0.491. The second-order valence-corrected chi connectivity index (χ2v) is 2.26. The molecule has 1 atom stereocenters. The van der Waals surface area contributed by atoms with Crippen LogP contribution in [0.5, 0.6) is 0 Å². The van der Waals surface area contributed by atoms with Crippen molar-refractivity contribution in [2.45, 2.75) is 33.0 Å². The summed E-state index contributed by atoms with van der Waals surface area (Å²) in [4.78, 5) is 20.7. The van der Waals surface area contributed by atoms with Gasteiger partial charge in [0.25, 0.3) is 0 Å². The zero-order valence-electron chi connectivity index (χ0n) is 7.20. The van der Waals surface area contributed by atoms with E-state index in [4.69, 9.17) is 5.73 Å². The van der Waals surface area contributed by atoms with Crippen molar-refractivity contribution in [3.8, 4) is 0 Å². The lowest BCUT2D eigenvalue weighted by Crippen LogP contribution is -2.26. The number of primary amides is 1. The Bertz CT molecular complexity index is 153. The maximum Gasteiger partial charge on any atom is 0.407 e. The second-order valence-electron chi connectivity index (χ2n) is 2.26. The molecule has 5 heteroatoms. The predicted octanol–water partition coefficient (Wildman–Crippen LogP) is 0.771. The summed E-state index contributed by atoms with van der Waals surface area (Å²) < 4.78 is 9.14. The Morgan fingerprint density at radius 2 is 2.00 bits per heavy atom. The summed E-state index contributed by atoms with van der Waals surface area (Å²) in [5, 5.41) is 0. The van der Waals surface area contributed by atoms with Crippen LogP contribution in [0.3, 0.4) is 0 Å². The molecule has 0 bridgehead atoms. The van der Waals surface area contributed by atoms with Crippen molar-refractivity contribution in [2.24, 2.45) is 5.73 Å². The number of nitrogens with two attached hydrogens (primary N) is 1. The fraction of sp³-hybridized carbons (Fsp3) is 0.714. The van der Waals surface area contributed by atoms with E-state index in [-0.39, 0.29) is 0 Å². The summed E-state index contributed by atoms with van der Waals surface area (Å²) in [7, 11) is 0. The molecular formula is C7H13NO4. The van der Waals surface area contributed by atoms with Crippen molar-refractivity contribution in [3.05, 3.63) is 0 Å². The number of carbonyl (C=O) groups excluding carboxylic acids is 2. The molecule has 0 aromatic rings. The Labute approximate surface area is 70.8 Å². The monoisotopic (exact) mass is 175 g/mol. The van der Waals surface area contributed by atoms with E-state index in [1.54, 1.807) is 0 Å². The molecule has 0 heterocycles. The Hall–Kier alpha value is -1.26. The highest BCUT2D eigenvalue weighted by Gasteiger charge is 2.13. The Kier molecular flexibility index (Phi) is 4.83. The normalized spacial score (nSPS) is 11.8. The second kappa shape index (κ2) is 5.40. The lowest BCUT2D eigenvalue weighted by Gasteiger charge is -2.14. The number of carbonyl (C=O) groups is 2. The topological polar surface area (TPSA) is 78.6 Å². The highest BCUT2D eigenvalue weighted by atomic mass is 16.7. The van der Waals surface area contributed by atoms with Crippen molar-refractivity contribution in [2.75, 3.05) is 0 Å². The van der Waals surface area contributed by atoms with E-state index < -0.39 is 18.4 Å². The number of hydrogen-bond donors (Lipinski definition) is 1. The first kappa shape index (κ1) is 10.7. The minimum atomic E-state index is -0.935. The van der Waals surface area contributed by atoms with Crippen molar-refractivity contribution in [1.29, 1.82) is 0 Å². The highest BCUT2D eigenvalue weighted by molar-refractivity contribution is 5.67.